The number of carbonyl (C=O) groups is 2. The Labute approximate surface area is 169 Å². The van der Waals surface area contributed by atoms with Gasteiger partial charge in [-0.3, -0.25) is 14.7 Å². The van der Waals surface area contributed by atoms with E-state index < -0.39 is 6.04 Å². The fourth-order valence-corrected chi connectivity index (χ4v) is 4.74. The summed E-state index contributed by atoms with van der Waals surface area (Å²) in [6, 6.07) is 6.45. The van der Waals surface area contributed by atoms with Crippen LogP contribution in [0.3, 0.4) is 0 Å². The standard InChI is InChI=1S/C18H16N8O2S/c1-25-13-10(7-21-26(18(13)28)8-9-3-2-4-12(19)22-9)15-16(25)23-17(29-15)14(27)11-5-6-20-24-11/h2-7,10,13H,8H2,1H3,(H2,19,22)(H,20,24). The summed E-state index contributed by atoms with van der Waals surface area (Å²) in [6.45, 7) is 0.238. The Morgan fingerprint density at radius 1 is 1.31 bits per heavy atom. The molecule has 146 valence electrons. The van der Waals surface area contributed by atoms with Crippen LogP contribution in [0.2, 0.25) is 0 Å². The van der Waals surface area contributed by atoms with Gasteiger partial charge in [0, 0.05) is 19.5 Å². The molecule has 0 saturated heterocycles. The van der Waals surface area contributed by atoms with Gasteiger partial charge in [-0.05, 0) is 18.2 Å². The molecule has 0 bridgehead atoms. The van der Waals surface area contributed by atoms with Crippen molar-refractivity contribution in [2.45, 2.75) is 18.5 Å². The number of amides is 1. The molecule has 3 aromatic rings. The number of fused-ring (bicyclic) bond motifs is 3. The van der Waals surface area contributed by atoms with Crippen molar-refractivity contribution in [2.75, 3.05) is 17.7 Å². The van der Waals surface area contributed by atoms with Crippen LogP contribution in [0.25, 0.3) is 0 Å². The Balaban J connectivity index is 1.42. The zero-order chi connectivity index (χ0) is 20.1. The molecule has 11 heteroatoms. The van der Waals surface area contributed by atoms with Crippen LogP contribution in [-0.4, -0.2) is 56.2 Å². The van der Waals surface area contributed by atoms with E-state index in [2.05, 4.69) is 25.3 Å². The molecule has 0 radical (unpaired) electrons. The van der Waals surface area contributed by atoms with Crippen molar-refractivity contribution in [1.29, 1.82) is 0 Å². The van der Waals surface area contributed by atoms with Gasteiger partial charge in [0.2, 0.25) is 5.78 Å². The number of H-pyrrole nitrogens is 1. The van der Waals surface area contributed by atoms with Crippen LogP contribution in [-0.2, 0) is 11.3 Å². The SMILES string of the molecule is CN1c2nc(C(=O)c3ccn[nH]3)sc2C2C=NN(Cc3cccc(N)n3)C(=O)C21. The average Bonchev–Trinajstić information content (AvgIpc) is 3.42. The lowest BCUT2D eigenvalue weighted by molar-refractivity contribution is -0.134. The first-order valence-corrected chi connectivity index (χ1v) is 9.69. The first kappa shape index (κ1) is 17.5. The van der Waals surface area contributed by atoms with Gasteiger partial charge in [-0.15, -0.1) is 11.3 Å². The van der Waals surface area contributed by atoms with Gasteiger partial charge in [0.25, 0.3) is 5.91 Å². The summed E-state index contributed by atoms with van der Waals surface area (Å²) in [5.41, 5.74) is 6.76. The van der Waals surface area contributed by atoms with E-state index in [4.69, 9.17) is 5.73 Å². The lowest BCUT2D eigenvalue weighted by Crippen LogP contribution is -2.49. The third kappa shape index (κ3) is 2.78. The number of hydrazone groups is 1. The molecule has 2 aliphatic rings. The smallest absolute Gasteiger partial charge is 0.266 e. The molecule has 2 unspecified atom stereocenters. The summed E-state index contributed by atoms with van der Waals surface area (Å²) >= 11 is 1.29. The number of nitrogens with one attached hydrogen (secondary N) is 1. The summed E-state index contributed by atoms with van der Waals surface area (Å²) in [5, 5.41) is 12.6. The van der Waals surface area contributed by atoms with Gasteiger partial charge in [-0.2, -0.15) is 10.2 Å². The van der Waals surface area contributed by atoms with Gasteiger partial charge in [-0.1, -0.05) is 6.07 Å². The molecule has 2 atom stereocenters. The monoisotopic (exact) mass is 408 g/mol. The number of nitrogens with two attached hydrogens (primary N) is 1. The van der Waals surface area contributed by atoms with E-state index >= 15 is 0 Å². The Morgan fingerprint density at radius 2 is 2.17 bits per heavy atom. The van der Waals surface area contributed by atoms with Crippen molar-refractivity contribution in [3.63, 3.8) is 0 Å². The number of hydrogen-bond acceptors (Lipinski definition) is 9. The highest BCUT2D eigenvalue weighted by molar-refractivity contribution is 7.14. The van der Waals surface area contributed by atoms with Crippen molar-refractivity contribution >= 4 is 40.9 Å². The fraction of sp³-hybridized carbons (Fsp3) is 0.222. The molecule has 0 saturated carbocycles. The number of thiazole rings is 1. The van der Waals surface area contributed by atoms with Crippen LogP contribution < -0.4 is 10.6 Å². The Kier molecular flexibility index (Phi) is 3.91. The van der Waals surface area contributed by atoms with Gasteiger partial charge < -0.3 is 10.6 Å². The van der Waals surface area contributed by atoms with Crippen LogP contribution in [0.1, 0.15) is 32.0 Å². The molecule has 2 aliphatic heterocycles. The second-order valence-corrected chi connectivity index (χ2v) is 7.83. The number of carbonyl (C=O) groups excluding carboxylic acids is 2. The lowest BCUT2D eigenvalue weighted by atomic mass is 10.0. The van der Waals surface area contributed by atoms with Crippen LogP contribution in [0.4, 0.5) is 11.6 Å². The van der Waals surface area contributed by atoms with Crippen molar-refractivity contribution in [3.8, 4) is 0 Å². The molecule has 10 nitrogen and oxygen atoms in total. The molecule has 5 rings (SSSR count). The van der Waals surface area contributed by atoms with Gasteiger partial charge in [0.1, 0.15) is 23.4 Å². The molecule has 3 N–H and O–H groups in total. The minimum atomic E-state index is -0.446. The van der Waals surface area contributed by atoms with Gasteiger partial charge in [-0.25, -0.2) is 15.0 Å². The summed E-state index contributed by atoms with van der Waals surface area (Å²) < 4.78 is 0. The molecule has 0 aromatic carbocycles. The van der Waals surface area contributed by atoms with Gasteiger partial charge >= 0.3 is 0 Å². The Bertz CT molecular complexity index is 1140. The fourth-order valence-electron chi connectivity index (χ4n) is 3.59. The number of rotatable bonds is 4. The summed E-state index contributed by atoms with van der Waals surface area (Å²) in [5.74, 6) is 0.425. The molecule has 1 amide bonds. The number of likely N-dealkylation sites (N-methyl/N-ethyl adjacent to an activating group) is 1. The number of pyridine rings is 1. The average molecular weight is 408 g/mol. The third-order valence-electron chi connectivity index (χ3n) is 4.98. The number of hydrogen-bond donors (Lipinski definition) is 2. The van der Waals surface area contributed by atoms with Crippen LogP contribution in [0.5, 0.6) is 0 Å². The predicted molar refractivity (Wildman–Crippen MR) is 107 cm³/mol. The zero-order valence-electron chi connectivity index (χ0n) is 15.3. The minimum absolute atomic E-state index is 0.143. The molecule has 5 heterocycles. The Hall–Kier alpha value is -3.60. The third-order valence-corrected chi connectivity index (χ3v) is 6.13. The first-order valence-electron chi connectivity index (χ1n) is 8.87. The topological polar surface area (TPSA) is 133 Å². The quantitative estimate of drug-likeness (QED) is 0.615. The molecule has 0 aliphatic carbocycles. The highest BCUT2D eigenvalue weighted by atomic mass is 32.1. The predicted octanol–water partition coefficient (Wildman–Crippen LogP) is 1.00. The molecular weight excluding hydrogens is 392 g/mol. The lowest BCUT2D eigenvalue weighted by Gasteiger charge is -2.31. The summed E-state index contributed by atoms with van der Waals surface area (Å²) in [7, 11) is 1.81. The normalized spacial score (nSPS) is 20.1. The number of aromatic nitrogens is 4. The second-order valence-electron chi connectivity index (χ2n) is 6.80. The van der Waals surface area contributed by atoms with Gasteiger partial charge in [0.15, 0.2) is 5.01 Å². The van der Waals surface area contributed by atoms with Crippen LogP contribution in [0.15, 0.2) is 35.6 Å². The van der Waals surface area contributed by atoms with Crippen LogP contribution in [0, 0.1) is 0 Å². The van der Waals surface area contributed by atoms with Crippen molar-refractivity contribution < 1.29 is 9.59 Å². The van der Waals surface area contributed by atoms with E-state index in [1.54, 1.807) is 30.5 Å². The number of ketones is 1. The molecular formula is C18H16N8O2S. The summed E-state index contributed by atoms with van der Waals surface area (Å²) in [4.78, 5) is 37.0. The largest absolute Gasteiger partial charge is 0.384 e. The van der Waals surface area contributed by atoms with E-state index in [0.29, 0.717) is 28.0 Å². The maximum Gasteiger partial charge on any atom is 0.266 e. The molecule has 0 spiro atoms. The van der Waals surface area contributed by atoms with E-state index in [9.17, 15) is 9.59 Å². The molecule has 3 aromatic heterocycles. The maximum absolute atomic E-state index is 13.1. The van der Waals surface area contributed by atoms with Crippen molar-refractivity contribution in [1.82, 2.24) is 25.2 Å². The highest BCUT2D eigenvalue weighted by Gasteiger charge is 2.47. The van der Waals surface area contributed by atoms with Gasteiger partial charge in [0.05, 0.1) is 23.0 Å². The molecule has 0 fully saturated rings. The van der Waals surface area contributed by atoms with Crippen molar-refractivity contribution in [2.24, 2.45) is 5.10 Å². The van der Waals surface area contributed by atoms with E-state index in [1.165, 1.54) is 22.5 Å². The highest BCUT2D eigenvalue weighted by Crippen LogP contribution is 2.44. The number of nitrogens with zero attached hydrogens (tertiary/aromatic N) is 6. The minimum Gasteiger partial charge on any atom is -0.384 e. The number of anilines is 2. The van der Waals surface area contributed by atoms with E-state index in [-0.39, 0.29) is 24.2 Å². The van der Waals surface area contributed by atoms with Crippen molar-refractivity contribution in [3.05, 3.63) is 51.7 Å². The Morgan fingerprint density at radius 3 is 2.93 bits per heavy atom. The van der Waals surface area contributed by atoms with Crippen LogP contribution >= 0.6 is 11.3 Å². The maximum atomic E-state index is 13.1. The summed E-state index contributed by atoms with van der Waals surface area (Å²) in [6.07, 6.45) is 3.26. The first-order chi connectivity index (χ1) is 14.0. The van der Waals surface area contributed by atoms with E-state index in [0.717, 1.165) is 4.88 Å². The zero-order valence-corrected chi connectivity index (χ0v) is 16.1. The van der Waals surface area contributed by atoms with E-state index in [1.807, 2.05) is 11.9 Å². The molecule has 29 heavy (non-hydrogen) atoms. The number of aromatic amines is 1. The second kappa shape index (κ2) is 6.48. The number of nitrogen functional groups attached to an aromatic ring is 1.